The number of aromatic amines is 2. The maximum Gasteiger partial charge on any atom is 0.280 e. The van der Waals surface area contributed by atoms with Gasteiger partial charge in [-0.3, -0.25) is 14.3 Å². The molecular weight excluding hydrogens is 424 g/mol. The largest absolute Gasteiger partial charge is 0.493 e. The van der Waals surface area contributed by atoms with Crippen molar-refractivity contribution in [3.05, 3.63) is 34.6 Å². The van der Waals surface area contributed by atoms with Crippen LogP contribution in [-0.2, 0) is 4.74 Å². The van der Waals surface area contributed by atoms with E-state index in [9.17, 15) is 25.2 Å². The number of azo groups is 1. The molecule has 0 saturated carbocycles. The minimum Gasteiger partial charge on any atom is -0.493 e. The maximum atomic E-state index is 12.3. The van der Waals surface area contributed by atoms with Crippen molar-refractivity contribution in [1.29, 1.82) is 0 Å². The molecule has 0 amide bonds. The van der Waals surface area contributed by atoms with Crippen molar-refractivity contribution < 1.29 is 25.2 Å². The molecule has 0 bridgehead atoms. The number of aliphatic hydroxyl groups is 3. The summed E-state index contributed by atoms with van der Waals surface area (Å²) < 4.78 is 6.71. The number of rotatable bonds is 4. The zero-order chi connectivity index (χ0) is 22.6. The second-order valence-electron chi connectivity index (χ2n) is 7.20. The van der Waals surface area contributed by atoms with E-state index in [0.717, 1.165) is 4.57 Å². The number of H-pyrrole nitrogens is 2. The van der Waals surface area contributed by atoms with E-state index < -0.39 is 36.7 Å². The normalized spacial score (nSPS) is 23.7. The number of benzene rings is 1. The Kier molecular flexibility index (Phi) is 4.63. The molecule has 1 aliphatic heterocycles. The number of hydrogen-bond donors (Lipinski definition) is 7. The van der Waals surface area contributed by atoms with Gasteiger partial charge in [0.15, 0.2) is 23.1 Å². The summed E-state index contributed by atoms with van der Waals surface area (Å²) in [4.78, 5) is 25.6. The Morgan fingerprint density at radius 1 is 1.16 bits per heavy atom. The third kappa shape index (κ3) is 3.01. The lowest BCUT2D eigenvalue weighted by Gasteiger charge is -2.17. The van der Waals surface area contributed by atoms with Crippen molar-refractivity contribution in [3.63, 3.8) is 0 Å². The number of nitrogens with zero attached hydrogens (tertiary/aromatic N) is 5. The van der Waals surface area contributed by atoms with Gasteiger partial charge in [0.1, 0.15) is 18.3 Å². The van der Waals surface area contributed by atoms with Crippen LogP contribution in [0.25, 0.3) is 22.1 Å². The van der Waals surface area contributed by atoms with Gasteiger partial charge < -0.3 is 35.9 Å². The highest BCUT2D eigenvalue weighted by molar-refractivity contribution is 5.94. The average molecular weight is 442 g/mol. The first-order valence-electron chi connectivity index (χ1n) is 9.50. The molecule has 1 aromatic carbocycles. The fourth-order valence-electron chi connectivity index (χ4n) is 3.70. The Balaban J connectivity index is 1.68. The summed E-state index contributed by atoms with van der Waals surface area (Å²) in [7, 11) is 0. The van der Waals surface area contributed by atoms with Crippen LogP contribution in [0.1, 0.15) is 6.23 Å². The average Bonchev–Trinajstić information content (AvgIpc) is 3.38. The molecule has 3 aromatic heterocycles. The van der Waals surface area contributed by atoms with E-state index in [1.807, 2.05) is 0 Å². The summed E-state index contributed by atoms with van der Waals surface area (Å²) in [6.45, 7) is -0.558. The summed E-state index contributed by atoms with van der Waals surface area (Å²) >= 11 is 0. The van der Waals surface area contributed by atoms with Gasteiger partial charge in [0.2, 0.25) is 11.8 Å². The molecule has 32 heavy (non-hydrogen) atoms. The predicted octanol–water partition coefficient (Wildman–Crippen LogP) is -0.0844. The van der Waals surface area contributed by atoms with Crippen LogP contribution >= 0.6 is 0 Å². The number of aromatic nitrogens is 5. The predicted molar refractivity (Wildman–Crippen MR) is 110 cm³/mol. The molecule has 1 aliphatic rings. The van der Waals surface area contributed by atoms with Gasteiger partial charge in [-0.15, -0.1) is 10.2 Å². The van der Waals surface area contributed by atoms with Crippen molar-refractivity contribution >= 4 is 39.7 Å². The SMILES string of the molecule is Nc1nc2c(nc(N=Nc3c(O)[nH]c4ccccc34)n2[C@H]2O[C@@H](CO)[C@@H](O)[C@H]2O)c(=O)[nH]1. The van der Waals surface area contributed by atoms with Gasteiger partial charge in [-0.25, -0.2) is 4.98 Å². The van der Waals surface area contributed by atoms with Crippen molar-refractivity contribution in [3.8, 4) is 5.88 Å². The summed E-state index contributed by atoms with van der Waals surface area (Å²) in [6, 6.07) is 7.01. The number of ether oxygens (including phenoxy) is 1. The summed E-state index contributed by atoms with van der Waals surface area (Å²) in [5.74, 6) is -0.651. The first kappa shape index (κ1) is 20.1. The van der Waals surface area contributed by atoms with Crippen molar-refractivity contribution in [2.24, 2.45) is 10.2 Å². The van der Waals surface area contributed by atoms with Gasteiger partial charge in [-0.2, -0.15) is 4.98 Å². The molecule has 0 aliphatic carbocycles. The Hall–Kier alpha value is -3.85. The fourth-order valence-corrected chi connectivity index (χ4v) is 3.70. The molecule has 166 valence electrons. The number of fused-ring (bicyclic) bond motifs is 2. The molecule has 1 saturated heterocycles. The van der Waals surface area contributed by atoms with Crippen LogP contribution in [0.5, 0.6) is 5.88 Å². The zero-order valence-electron chi connectivity index (χ0n) is 16.2. The molecule has 0 radical (unpaired) electrons. The number of aromatic hydroxyl groups is 1. The Morgan fingerprint density at radius 3 is 2.69 bits per heavy atom. The molecule has 8 N–H and O–H groups in total. The lowest BCUT2D eigenvalue weighted by Crippen LogP contribution is -2.33. The molecule has 4 heterocycles. The Bertz CT molecular complexity index is 1410. The van der Waals surface area contributed by atoms with E-state index in [2.05, 4.69) is 30.2 Å². The lowest BCUT2D eigenvalue weighted by atomic mass is 10.1. The number of imidazole rings is 1. The fraction of sp³-hybridized carbons (Fsp3) is 0.278. The number of aliphatic hydroxyl groups excluding tert-OH is 3. The topological polar surface area (TPSA) is 220 Å². The third-order valence-electron chi connectivity index (χ3n) is 5.22. The quantitative estimate of drug-likeness (QED) is 0.210. The second kappa shape index (κ2) is 7.38. The van der Waals surface area contributed by atoms with Gasteiger partial charge in [0.25, 0.3) is 11.5 Å². The lowest BCUT2D eigenvalue weighted by molar-refractivity contribution is -0.0503. The number of nitrogen functional groups attached to an aromatic ring is 1. The molecule has 0 unspecified atom stereocenters. The minimum atomic E-state index is -1.50. The number of hydrogen-bond acceptors (Lipinski definition) is 11. The number of nitrogens with two attached hydrogens (primary N) is 1. The summed E-state index contributed by atoms with van der Waals surface area (Å²) in [6.07, 6.45) is -5.30. The first-order valence-corrected chi connectivity index (χ1v) is 9.50. The van der Waals surface area contributed by atoms with Crippen molar-refractivity contribution in [1.82, 2.24) is 24.5 Å². The molecule has 4 aromatic rings. The van der Waals surface area contributed by atoms with E-state index in [-0.39, 0.29) is 34.6 Å². The molecule has 0 spiro atoms. The smallest absolute Gasteiger partial charge is 0.280 e. The van der Waals surface area contributed by atoms with Gasteiger partial charge in [0.05, 0.1) is 12.1 Å². The summed E-state index contributed by atoms with van der Waals surface area (Å²) in [5, 5.41) is 49.0. The highest BCUT2D eigenvalue weighted by atomic mass is 16.6. The first-order chi connectivity index (χ1) is 15.4. The van der Waals surface area contributed by atoms with E-state index in [0.29, 0.717) is 10.9 Å². The van der Waals surface area contributed by atoms with Crippen molar-refractivity contribution in [2.45, 2.75) is 24.5 Å². The molecule has 14 heteroatoms. The number of anilines is 1. The monoisotopic (exact) mass is 442 g/mol. The molecule has 5 rings (SSSR count). The van der Waals surface area contributed by atoms with Crippen LogP contribution in [0.15, 0.2) is 39.3 Å². The number of nitrogens with one attached hydrogen (secondary N) is 2. The van der Waals surface area contributed by atoms with Crippen LogP contribution in [0, 0.1) is 0 Å². The van der Waals surface area contributed by atoms with Crippen LogP contribution in [0.2, 0.25) is 0 Å². The second-order valence-corrected chi connectivity index (χ2v) is 7.20. The molecule has 1 fully saturated rings. The summed E-state index contributed by atoms with van der Waals surface area (Å²) in [5.41, 5.74) is 5.52. The van der Waals surface area contributed by atoms with Gasteiger partial charge >= 0.3 is 0 Å². The maximum absolute atomic E-state index is 12.3. The van der Waals surface area contributed by atoms with E-state index in [1.54, 1.807) is 24.3 Å². The van der Waals surface area contributed by atoms with Crippen LogP contribution < -0.4 is 11.3 Å². The Labute approximate surface area is 177 Å². The standard InChI is InChI=1S/C18H18N8O6/c19-17-22-13-10(15(31)23-17)21-18(26(13)16-12(29)11(28)8(5-27)32-16)25-24-9-6-3-1-2-4-7(6)20-14(9)30/h1-4,8,11-12,16,20,27-30H,5H2,(H3,19,22,23,31)/t8-,11+,12+,16-/m0/s1. The number of para-hydroxylation sites is 1. The van der Waals surface area contributed by atoms with Crippen LogP contribution in [0.3, 0.4) is 0 Å². The van der Waals surface area contributed by atoms with Crippen LogP contribution in [0.4, 0.5) is 17.6 Å². The van der Waals surface area contributed by atoms with Gasteiger partial charge in [-0.05, 0) is 6.07 Å². The highest BCUT2D eigenvalue weighted by Gasteiger charge is 2.45. The van der Waals surface area contributed by atoms with E-state index >= 15 is 0 Å². The molecule has 14 nitrogen and oxygen atoms in total. The van der Waals surface area contributed by atoms with Crippen LogP contribution in [-0.4, -0.2) is 69.8 Å². The highest BCUT2D eigenvalue weighted by Crippen LogP contribution is 2.38. The van der Waals surface area contributed by atoms with E-state index in [1.165, 1.54) is 0 Å². The zero-order valence-corrected chi connectivity index (χ0v) is 16.2. The Morgan fingerprint density at radius 2 is 1.94 bits per heavy atom. The van der Waals surface area contributed by atoms with Gasteiger partial charge in [0, 0.05) is 5.39 Å². The van der Waals surface area contributed by atoms with Crippen molar-refractivity contribution in [2.75, 3.05) is 12.3 Å². The molecular formula is C18H18N8O6. The minimum absolute atomic E-state index is 0.0711. The molecule has 4 atom stereocenters. The third-order valence-corrected chi connectivity index (χ3v) is 5.22. The van der Waals surface area contributed by atoms with E-state index in [4.69, 9.17) is 10.5 Å². The van der Waals surface area contributed by atoms with Gasteiger partial charge in [-0.1, -0.05) is 18.2 Å².